The summed E-state index contributed by atoms with van der Waals surface area (Å²) in [5.74, 6) is 0. The number of benzene rings is 1. The molecule has 0 aliphatic carbocycles. The summed E-state index contributed by atoms with van der Waals surface area (Å²) in [6, 6.07) is 10.9. The molecule has 2 unspecified atom stereocenters. The van der Waals surface area contributed by atoms with Crippen LogP contribution in [0.3, 0.4) is 0 Å². The van der Waals surface area contributed by atoms with Gasteiger partial charge in [-0.3, -0.25) is 0 Å². The standard InChI is InChI=1S/C16H27NO2/c1-14(9-10-15-7-5-4-6-8-15)17-13-16(2,18)11-12-19-3/h4-8,14,17-18H,9-13H2,1-3H3. The molecule has 2 atom stereocenters. The Labute approximate surface area is 117 Å². The van der Waals surface area contributed by atoms with Crippen molar-refractivity contribution < 1.29 is 9.84 Å². The van der Waals surface area contributed by atoms with Gasteiger partial charge in [-0.1, -0.05) is 30.3 Å². The maximum Gasteiger partial charge on any atom is 0.0765 e. The molecule has 0 heterocycles. The van der Waals surface area contributed by atoms with E-state index in [1.807, 2.05) is 13.0 Å². The van der Waals surface area contributed by atoms with E-state index in [4.69, 9.17) is 4.74 Å². The number of methoxy groups -OCH3 is 1. The average Bonchev–Trinajstić information content (AvgIpc) is 2.42. The second-order valence-corrected chi connectivity index (χ2v) is 5.55. The van der Waals surface area contributed by atoms with Crippen LogP contribution >= 0.6 is 0 Å². The van der Waals surface area contributed by atoms with Crippen molar-refractivity contribution in [2.45, 2.75) is 44.8 Å². The lowest BCUT2D eigenvalue weighted by Gasteiger charge is -2.25. The summed E-state index contributed by atoms with van der Waals surface area (Å²) in [6.45, 7) is 5.21. The summed E-state index contributed by atoms with van der Waals surface area (Å²) >= 11 is 0. The Hall–Kier alpha value is -0.900. The highest BCUT2D eigenvalue weighted by molar-refractivity contribution is 5.14. The minimum atomic E-state index is -0.697. The first-order chi connectivity index (χ1) is 9.03. The average molecular weight is 265 g/mol. The number of ether oxygens (including phenoxy) is 1. The van der Waals surface area contributed by atoms with Gasteiger partial charge in [0.15, 0.2) is 0 Å². The van der Waals surface area contributed by atoms with Gasteiger partial charge in [-0.2, -0.15) is 0 Å². The van der Waals surface area contributed by atoms with Gasteiger partial charge in [0, 0.05) is 32.7 Å². The van der Waals surface area contributed by atoms with E-state index in [1.165, 1.54) is 5.56 Å². The molecular weight excluding hydrogens is 238 g/mol. The van der Waals surface area contributed by atoms with Gasteiger partial charge in [0.25, 0.3) is 0 Å². The molecule has 0 bridgehead atoms. The Morgan fingerprint density at radius 2 is 2.00 bits per heavy atom. The van der Waals surface area contributed by atoms with Gasteiger partial charge < -0.3 is 15.2 Å². The molecule has 3 nitrogen and oxygen atoms in total. The molecule has 2 N–H and O–H groups in total. The molecule has 0 aliphatic heterocycles. The lowest BCUT2D eigenvalue weighted by atomic mass is 10.0. The van der Waals surface area contributed by atoms with Crippen LogP contribution in [0.1, 0.15) is 32.3 Å². The van der Waals surface area contributed by atoms with Crippen molar-refractivity contribution in [2.75, 3.05) is 20.3 Å². The Morgan fingerprint density at radius 1 is 1.32 bits per heavy atom. The molecule has 1 rings (SSSR count). The second-order valence-electron chi connectivity index (χ2n) is 5.55. The fourth-order valence-corrected chi connectivity index (χ4v) is 1.93. The quantitative estimate of drug-likeness (QED) is 0.720. The summed E-state index contributed by atoms with van der Waals surface area (Å²) in [6.07, 6.45) is 2.79. The highest BCUT2D eigenvalue weighted by atomic mass is 16.5. The summed E-state index contributed by atoms with van der Waals surface area (Å²) < 4.78 is 5.00. The molecule has 1 aromatic carbocycles. The predicted octanol–water partition coefficient (Wildman–Crippen LogP) is 2.38. The van der Waals surface area contributed by atoms with Crippen LogP contribution in [0.25, 0.3) is 0 Å². The van der Waals surface area contributed by atoms with Crippen LogP contribution < -0.4 is 5.32 Å². The molecule has 3 heteroatoms. The maximum atomic E-state index is 10.1. The molecule has 0 saturated carbocycles. The van der Waals surface area contributed by atoms with Crippen molar-refractivity contribution in [3.8, 4) is 0 Å². The molecule has 0 aliphatic rings. The van der Waals surface area contributed by atoms with Crippen molar-refractivity contribution >= 4 is 0 Å². The number of rotatable bonds is 9. The van der Waals surface area contributed by atoms with E-state index in [2.05, 4.69) is 36.5 Å². The van der Waals surface area contributed by atoms with Gasteiger partial charge in [-0.15, -0.1) is 0 Å². The SMILES string of the molecule is COCCC(C)(O)CNC(C)CCc1ccccc1. The topological polar surface area (TPSA) is 41.5 Å². The van der Waals surface area contributed by atoms with Crippen LogP contribution in [0.15, 0.2) is 30.3 Å². The van der Waals surface area contributed by atoms with Crippen LogP contribution in [0, 0.1) is 0 Å². The van der Waals surface area contributed by atoms with Gasteiger partial charge in [0.1, 0.15) is 0 Å². The highest BCUT2D eigenvalue weighted by Gasteiger charge is 2.20. The van der Waals surface area contributed by atoms with Crippen molar-refractivity contribution in [3.05, 3.63) is 35.9 Å². The van der Waals surface area contributed by atoms with Gasteiger partial charge in [0.05, 0.1) is 5.60 Å². The number of aryl methyl sites for hydroxylation is 1. The lowest BCUT2D eigenvalue weighted by molar-refractivity contribution is 0.0230. The molecule has 19 heavy (non-hydrogen) atoms. The molecule has 0 radical (unpaired) electrons. The summed E-state index contributed by atoms with van der Waals surface area (Å²) in [7, 11) is 1.66. The molecule has 108 valence electrons. The Kier molecular flexibility index (Phi) is 7.06. The molecule has 0 spiro atoms. The summed E-state index contributed by atoms with van der Waals surface area (Å²) in [4.78, 5) is 0. The van der Waals surface area contributed by atoms with E-state index in [9.17, 15) is 5.11 Å². The zero-order chi connectivity index (χ0) is 14.1. The minimum absolute atomic E-state index is 0.397. The van der Waals surface area contributed by atoms with E-state index in [-0.39, 0.29) is 0 Å². The normalized spacial score (nSPS) is 16.0. The van der Waals surface area contributed by atoms with Gasteiger partial charge in [-0.25, -0.2) is 0 Å². The number of hydrogen-bond acceptors (Lipinski definition) is 3. The Morgan fingerprint density at radius 3 is 2.63 bits per heavy atom. The molecule has 0 aromatic heterocycles. The zero-order valence-electron chi connectivity index (χ0n) is 12.4. The number of nitrogens with one attached hydrogen (secondary N) is 1. The highest BCUT2D eigenvalue weighted by Crippen LogP contribution is 2.09. The van der Waals surface area contributed by atoms with Crippen LogP contribution in [-0.2, 0) is 11.2 Å². The van der Waals surface area contributed by atoms with Crippen LogP contribution in [0.2, 0.25) is 0 Å². The second kappa shape index (κ2) is 8.31. The van der Waals surface area contributed by atoms with Crippen LogP contribution in [-0.4, -0.2) is 37.0 Å². The molecule has 0 fully saturated rings. The maximum absolute atomic E-state index is 10.1. The van der Waals surface area contributed by atoms with Gasteiger partial charge in [0.2, 0.25) is 0 Å². The molecule has 1 aromatic rings. The van der Waals surface area contributed by atoms with Gasteiger partial charge in [-0.05, 0) is 32.3 Å². The third kappa shape index (κ3) is 7.31. The lowest BCUT2D eigenvalue weighted by Crippen LogP contribution is -2.42. The first kappa shape index (κ1) is 16.2. The van der Waals surface area contributed by atoms with Crippen molar-refractivity contribution in [1.29, 1.82) is 0 Å². The third-order valence-electron chi connectivity index (χ3n) is 3.38. The van der Waals surface area contributed by atoms with Gasteiger partial charge >= 0.3 is 0 Å². The molecule has 0 amide bonds. The number of hydrogen-bond donors (Lipinski definition) is 2. The summed E-state index contributed by atoms with van der Waals surface area (Å²) in [5.41, 5.74) is 0.666. The van der Waals surface area contributed by atoms with Crippen molar-refractivity contribution in [2.24, 2.45) is 0 Å². The number of aliphatic hydroxyl groups is 1. The first-order valence-electron chi connectivity index (χ1n) is 7.02. The fraction of sp³-hybridized carbons (Fsp3) is 0.625. The monoisotopic (exact) mass is 265 g/mol. The van der Waals surface area contributed by atoms with Crippen molar-refractivity contribution in [1.82, 2.24) is 5.32 Å². The molecular formula is C16H27NO2. The van der Waals surface area contributed by atoms with E-state index in [0.29, 0.717) is 25.6 Å². The van der Waals surface area contributed by atoms with E-state index in [1.54, 1.807) is 7.11 Å². The van der Waals surface area contributed by atoms with Crippen LogP contribution in [0.5, 0.6) is 0 Å². The smallest absolute Gasteiger partial charge is 0.0765 e. The molecule has 0 saturated heterocycles. The van der Waals surface area contributed by atoms with Crippen LogP contribution in [0.4, 0.5) is 0 Å². The Bertz CT molecular complexity index is 338. The zero-order valence-corrected chi connectivity index (χ0v) is 12.4. The first-order valence-corrected chi connectivity index (χ1v) is 7.02. The fourth-order valence-electron chi connectivity index (χ4n) is 1.93. The largest absolute Gasteiger partial charge is 0.389 e. The van der Waals surface area contributed by atoms with E-state index in [0.717, 1.165) is 12.8 Å². The minimum Gasteiger partial charge on any atom is -0.389 e. The van der Waals surface area contributed by atoms with Crippen molar-refractivity contribution in [3.63, 3.8) is 0 Å². The van der Waals surface area contributed by atoms with E-state index < -0.39 is 5.60 Å². The van der Waals surface area contributed by atoms with E-state index >= 15 is 0 Å². The predicted molar refractivity (Wildman–Crippen MR) is 79.3 cm³/mol. The summed E-state index contributed by atoms with van der Waals surface area (Å²) in [5, 5.41) is 13.5. The third-order valence-corrected chi connectivity index (χ3v) is 3.38. The Balaban J connectivity index is 2.22.